The van der Waals surface area contributed by atoms with Crippen molar-refractivity contribution in [3.05, 3.63) is 70.8 Å². The number of ketones is 1. The average Bonchev–Trinajstić information content (AvgIpc) is 2.98. The van der Waals surface area contributed by atoms with Gasteiger partial charge in [0, 0.05) is 12.8 Å². The average molecular weight is 509 g/mol. The molecule has 2 aliphatic rings. The molecule has 200 valence electrons. The van der Waals surface area contributed by atoms with E-state index in [0.717, 1.165) is 48.6 Å². The van der Waals surface area contributed by atoms with Gasteiger partial charge in [-0.2, -0.15) is 10.5 Å². The molecular formula is C35H44N2O. The summed E-state index contributed by atoms with van der Waals surface area (Å²) in [6.45, 7) is 0. The van der Waals surface area contributed by atoms with Gasteiger partial charge in [0.2, 0.25) is 0 Å². The lowest BCUT2D eigenvalue weighted by Crippen LogP contribution is -2.13. The number of Topliss-reactive ketones (excluding diaryl/α,β-unsaturated/α-hetero) is 1. The molecule has 0 radical (unpaired) electrons. The first-order valence-corrected chi connectivity index (χ1v) is 15.2. The molecule has 0 unspecified atom stereocenters. The molecular weight excluding hydrogens is 464 g/mol. The molecule has 0 aliphatic heterocycles. The topological polar surface area (TPSA) is 64.7 Å². The van der Waals surface area contributed by atoms with Gasteiger partial charge in [-0.3, -0.25) is 4.79 Å². The third-order valence-electron chi connectivity index (χ3n) is 9.35. The summed E-state index contributed by atoms with van der Waals surface area (Å²) in [7, 11) is 0. The monoisotopic (exact) mass is 508 g/mol. The highest BCUT2D eigenvalue weighted by Gasteiger charge is 2.23. The SMILES string of the molecule is N#Cc1ccc(C2CCC(CCCCC(=O)CCCCC3CCC(c4ccc(C#N)cc4)CC3)CC2)cc1. The third-order valence-corrected chi connectivity index (χ3v) is 9.35. The smallest absolute Gasteiger partial charge is 0.132 e. The number of unbranched alkanes of at least 4 members (excludes halogenated alkanes) is 2. The maximum atomic E-state index is 12.4. The van der Waals surface area contributed by atoms with Gasteiger partial charge in [-0.05, 0) is 123 Å². The Hall–Kier alpha value is -2.91. The van der Waals surface area contributed by atoms with Crippen LogP contribution < -0.4 is 0 Å². The van der Waals surface area contributed by atoms with Crippen LogP contribution in [0.4, 0.5) is 0 Å². The van der Waals surface area contributed by atoms with Gasteiger partial charge in [0.1, 0.15) is 5.78 Å². The minimum absolute atomic E-state index is 0.471. The van der Waals surface area contributed by atoms with Crippen LogP contribution in [0.5, 0.6) is 0 Å². The second-order valence-electron chi connectivity index (χ2n) is 11.9. The van der Waals surface area contributed by atoms with Crippen LogP contribution in [0.15, 0.2) is 48.5 Å². The summed E-state index contributed by atoms with van der Waals surface area (Å²) in [5.41, 5.74) is 4.28. The fourth-order valence-corrected chi connectivity index (χ4v) is 6.86. The highest BCUT2D eigenvalue weighted by atomic mass is 16.1. The number of carbonyl (C=O) groups excluding carboxylic acids is 1. The van der Waals surface area contributed by atoms with E-state index < -0.39 is 0 Å². The second-order valence-corrected chi connectivity index (χ2v) is 11.9. The van der Waals surface area contributed by atoms with Crippen LogP contribution >= 0.6 is 0 Å². The Labute approximate surface area is 230 Å². The molecule has 38 heavy (non-hydrogen) atoms. The molecule has 3 nitrogen and oxygen atoms in total. The Kier molecular flexibility index (Phi) is 11.0. The quantitative estimate of drug-likeness (QED) is 0.268. The molecule has 0 saturated heterocycles. The van der Waals surface area contributed by atoms with Crippen LogP contribution in [-0.4, -0.2) is 5.78 Å². The van der Waals surface area contributed by atoms with Crippen molar-refractivity contribution in [2.24, 2.45) is 11.8 Å². The zero-order chi connectivity index (χ0) is 26.6. The van der Waals surface area contributed by atoms with Gasteiger partial charge in [-0.1, -0.05) is 49.9 Å². The number of hydrogen-bond donors (Lipinski definition) is 0. The van der Waals surface area contributed by atoms with E-state index in [1.54, 1.807) is 0 Å². The van der Waals surface area contributed by atoms with Crippen LogP contribution in [0.3, 0.4) is 0 Å². The molecule has 0 spiro atoms. The maximum Gasteiger partial charge on any atom is 0.132 e. The summed E-state index contributed by atoms with van der Waals surface area (Å²) >= 11 is 0. The van der Waals surface area contributed by atoms with Crippen LogP contribution in [-0.2, 0) is 4.79 Å². The van der Waals surface area contributed by atoms with Crippen molar-refractivity contribution in [1.82, 2.24) is 0 Å². The second kappa shape index (κ2) is 14.9. The van der Waals surface area contributed by atoms with Gasteiger partial charge in [0.05, 0.1) is 23.3 Å². The fraction of sp³-hybridized carbons (Fsp3) is 0.571. The molecule has 0 heterocycles. The Morgan fingerprint density at radius 2 is 0.947 bits per heavy atom. The highest BCUT2D eigenvalue weighted by molar-refractivity contribution is 5.78. The van der Waals surface area contributed by atoms with Crippen LogP contribution in [0.2, 0.25) is 0 Å². The van der Waals surface area contributed by atoms with E-state index in [0.29, 0.717) is 17.6 Å². The lowest BCUT2D eigenvalue weighted by Gasteiger charge is -2.29. The van der Waals surface area contributed by atoms with Gasteiger partial charge in [-0.25, -0.2) is 0 Å². The molecule has 0 atom stereocenters. The first-order chi connectivity index (χ1) is 18.6. The van der Waals surface area contributed by atoms with Crippen LogP contribution in [0.1, 0.15) is 137 Å². The number of carbonyl (C=O) groups is 1. The van der Waals surface area contributed by atoms with Gasteiger partial charge in [0.15, 0.2) is 0 Å². The Morgan fingerprint density at radius 1 is 0.579 bits per heavy atom. The molecule has 0 bridgehead atoms. The van der Waals surface area contributed by atoms with E-state index in [-0.39, 0.29) is 0 Å². The van der Waals surface area contributed by atoms with Crippen molar-refractivity contribution in [3.8, 4) is 12.1 Å². The lowest BCUT2D eigenvalue weighted by atomic mass is 9.77. The van der Waals surface area contributed by atoms with Gasteiger partial charge < -0.3 is 0 Å². The largest absolute Gasteiger partial charge is 0.300 e. The van der Waals surface area contributed by atoms with Crippen molar-refractivity contribution < 1.29 is 4.79 Å². The Bertz CT molecular complexity index is 985. The minimum Gasteiger partial charge on any atom is -0.300 e. The minimum atomic E-state index is 0.471. The first-order valence-electron chi connectivity index (χ1n) is 15.2. The van der Waals surface area contributed by atoms with Crippen molar-refractivity contribution in [2.45, 2.75) is 115 Å². The summed E-state index contributed by atoms with van der Waals surface area (Å²) in [6.07, 6.45) is 18.8. The zero-order valence-electron chi connectivity index (χ0n) is 23.0. The summed E-state index contributed by atoms with van der Waals surface area (Å²) in [4.78, 5) is 12.4. The van der Waals surface area contributed by atoms with E-state index in [1.165, 1.54) is 88.2 Å². The molecule has 2 saturated carbocycles. The molecule has 4 rings (SSSR count). The number of benzene rings is 2. The van der Waals surface area contributed by atoms with E-state index >= 15 is 0 Å². The van der Waals surface area contributed by atoms with E-state index in [1.807, 2.05) is 24.3 Å². The highest BCUT2D eigenvalue weighted by Crippen LogP contribution is 2.39. The molecule has 0 aromatic heterocycles. The summed E-state index contributed by atoms with van der Waals surface area (Å²) < 4.78 is 0. The van der Waals surface area contributed by atoms with E-state index in [9.17, 15) is 4.79 Å². The Morgan fingerprint density at radius 3 is 1.29 bits per heavy atom. The molecule has 2 aromatic rings. The summed E-state index contributed by atoms with van der Waals surface area (Å²) in [5, 5.41) is 18.0. The van der Waals surface area contributed by atoms with Crippen molar-refractivity contribution >= 4 is 5.78 Å². The van der Waals surface area contributed by atoms with Crippen molar-refractivity contribution in [2.75, 3.05) is 0 Å². The molecule has 2 fully saturated rings. The molecule has 0 N–H and O–H groups in total. The molecule has 3 heteroatoms. The summed E-state index contributed by atoms with van der Waals surface area (Å²) in [6, 6.07) is 20.8. The van der Waals surface area contributed by atoms with Crippen molar-refractivity contribution in [1.29, 1.82) is 10.5 Å². The number of nitriles is 2. The normalized spacial score (nSPS) is 23.3. The standard InChI is InChI=1S/C35H44N2O/c36-25-29-13-21-33(22-14-29)31-17-9-27(10-18-31)5-1-3-7-35(38)8-4-2-6-28-11-19-32(20-12-28)34-23-15-30(26-37)16-24-34/h13-16,21-24,27-28,31-32H,1-12,17-20H2. The van der Waals surface area contributed by atoms with Crippen molar-refractivity contribution in [3.63, 3.8) is 0 Å². The summed E-state index contributed by atoms with van der Waals surface area (Å²) in [5.74, 6) is 3.42. The molecule has 0 amide bonds. The predicted octanol–water partition coefficient (Wildman–Crippen LogP) is 9.37. The van der Waals surface area contributed by atoms with Gasteiger partial charge in [0.25, 0.3) is 0 Å². The number of nitrogens with zero attached hydrogens (tertiary/aromatic N) is 2. The van der Waals surface area contributed by atoms with Crippen LogP contribution in [0, 0.1) is 34.5 Å². The molecule has 2 aromatic carbocycles. The lowest BCUT2D eigenvalue weighted by molar-refractivity contribution is -0.119. The zero-order valence-corrected chi connectivity index (χ0v) is 23.0. The van der Waals surface area contributed by atoms with Crippen LogP contribution in [0.25, 0.3) is 0 Å². The van der Waals surface area contributed by atoms with E-state index in [2.05, 4.69) is 36.4 Å². The first kappa shape index (κ1) is 28.1. The fourth-order valence-electron chi connectivity index (χ4n) is 6.86. The Balaban J connectivity index is 1.000. The van der Waals surface area contributed by atoms with Gasteiger partial charge >= 0.3 is 0 Å². The third kappa shape index (κ3) is 8.56. The predicted molar refractivity (Wildman–Crippen MR) is 154 cm³/mol. The number of hydrogen-bond acceptors (Lipinski definition) is 3. The maximum absolute atomic E-state index is 12.4. The van der Waals surface area contributed by atoms with E-state index in [4.69, 9.17) is 10.5 Å². The van der Waals surface area contributed by atoms with Gasteiger partial charge in [-0.15, -0.1) is 0 Å². The molecule has 2 aliphatic carbocycles. The number of rotatable bonds is 12.